The van der Waals surface area contributed by atoms with E-state index in [1.165, 1.54) is 9.36 Å². The maximum absolute atomic E-state index is 13.5. The first-order valence-corrected chi connectivity index (χ1v) is 11.1. The Labute approximate surface area is 172 Å². The molecule has 0 radical (unpaired) electrons. The van der Waals surface area contributed by atoms with E-state index in [2.05, 4.69) is 0 Å². The van der Waals surface area contributed by atoms with Crippen LogP contribution in [-0.4, -0.2) is 20.4 Å². The van der Waals surface area contributed by atoms with E-state index in [9.17, 15) is 19.5 Å². The second-order valence-electron chi connectivity index (χ2n) is 7.11. The molecule has 5 rings (SSSR count). The number of aromatic nitrogens is 2. The largest absolute Gasteiger partial charge is 0.478 e. The van der Waals surface area contributed by atoms with Gasteiger partial charge in [-0.1, -0.05) is 60.7 Å². The molecule has 0 spiro atoms. The molecule has 30 heavy (non-hydrogen) atoms. The van der Waals surface area contributed by atoms with E-state index >= 15 is 0 Å². The van der Waals surface area contributed by atoms with E-state index in [-0.39, 0.29) is 16.7 Å². The van der Waals surface area contributed by atoms with Crippen LogP contribution in [0.4, 0.5) is 0 Å². The van der Waals surface area contributed by atoms with Gasteiger partial charge in [0.25, 0.3) is 11.1 Å². The molecule has 0 aliphatic carbocycles. The second kappa shape index (κ2) is 7.08. The zero-order chi connectivity index (χ0) is 20.8. The fourth-order valence-corrected chi connectivity index (χ4v) is 6.88. The average Bonchev–Trinajstić information content (AvgIpc) is 3.19. The van der Waals surface area contributed by atoms with Crippen LogP contribution in [0.3, 0.4) is 0 Å². The molecule has 2 heterocycles. The predicted octanol–water partition coefficient (Wildman–Crippen LogP) is 3.19. The van der Waals surface area contributed by atoms with Crippen LogP contribution in [-0.2, 0) is 6.29 Å². The molecule has 0 saturated carbocycles. The van der Waals surface area contributed by atoms with Gasteiger partial charge < -0.3 is 5.11 Å². The van der Waals surface area contributed by atoms with Gasteiger partial charge in [0.2, 0.25) is 0 Å². The molecule has 1 N–H and O–H groups in total. The molecule has 6 nitrogen and oxygen atoms in total. The lowest BCUT2D eigenvalue weighted by molar-refractivity contribution is 0.0695. The van der Waals surface area contributed by atoms with E-state index in [1.807, 2.05) is 30.3 Å². The SMILES string of the molecule is O=C(O)c1ccccc1C1n2c(=O)c3ccccc3c(=O)n2CP1c1ccccc1. The van der Waals surface area contributed by atoms with Crippen molar-refractivity contribution in [3.8, 4) is 0 Å². The summed E-state index contributed by atoms with van der Waals surface area (Å²) in [6, 6.07) is 23.2. The lowest BCUT2D eigenvalue weighted by atomic mass is 10.1. The van der Waals surface area contributed by atoms with Gasteiger partial charge in [-0.05, 0) is 37.0 Å². The van der Waals surface area contributed by atoms with Crippen LogP contribution in [0.1, 0.15) is 21.7 Å². The quantitative estimate of drug-likeness (QED) is 0.520. The summed E-state index contributed by atoms with van der Waals surface area (Å²) in [5.74, 6) is -1.59. The fraction of sp³-hybridized carbons (Fsp3) is 0.0870. The van der Waals surface area contributed by atoms with Crippen molar-refractivity contribution < 1.29 is 9.90 Å². The first kappa shape index (κ1) is 18.5. The molecule has 1 aliphatic rings. The fourth-order valence-electron chi connectivity index (χ4n) is 4.11. The van der Waals surface area contributed by atoms with Crippen molar-refractivity contribution in [2.75, 3.05) is 0 Å². The lowest BCUT2D eigenvalue weighted by Gasteiger charge is -2.22. The van der Waals surface area contributed by atoms with Crippen molar-refractivity contribution in [3.05, 3.63) is 111 Å². The van der Waals surface area contributed by atoms with Crippen LogP contribution in [0.2, 0.25) is 0 Å². The molecule has 2 unspecified atom stereocenters. The number of hydrogen-bond acceptors (Lipinski definition) is 3. The molecule has 7 heteroatoms. The van der Waals surface area contributed by atoms with Crippen molar-refractivity contribution in [3.63, 3.8) is 0 Å². The molecule has 3 aromatic carbocycles. The second-order valence-corrected chi connectivity index (χ2v) is 9.34. The lowest BCUT2D eigenvalue weighted by Crippen LogP contribution is -2.36. The monoisotopic (exact) mass is 416 g/mol. The Morgan fingerprint density at radius 2 is 1.43 bits per heavy atom. The van der Waals surface area contributed by atoms with Crippen LogP contribution in [0.15, 0.2) is 88.5 Å². The minimum absolute atomic E-state index is 0.145. The topological polar surface area (TPSA) is 81.3 Å². The number of hydrogen-bond donors (Lipinski definition) is 1. The Kier molecular flexibility index (Phi) is 4.37. The summed E-state index contributed by atoms with van der Waals surface area (Å²) < 4.78 is 2.97. The zero-order valence-electron chi connectivity index (χ0n) is 15.8. The van der Waals surface area contributed by atoms with Crippen molar-refractivity contribution >= 4 is 30.0 Å². The highest BCUT2D eigenvalue weighted by atomic mass is 31.1. The predicted molar refractivity (Wildman–Crippen MR) is 117 cm³/mol. The Morgan fingerprint density at radius 3 is 2.13 bits per heavy atom. The summed E-state index contributed by atoms with van der Waals surface area (Å²) in [5, 5.41) is 11.5. The molecule has 2 atom stereocenters. The standard InChI is InChI=1S/C23H17N2O4P/c26-20-16-10-4-5-11-17(16)21(27)25-22(18-12-6-7-13-19(18)23(28)29)30(14-24(20)25)15-8-2-1-3-9-15/h1-13,22H,14H2,(H,28,29). The van der Waals surface area contributed by atoms with E-state index in [0.29, 0.717) is 22.6 Å². The molecule has 0 saturated heterocycles. The minimum Gasteiger partial charge on any atom is -0.478 e. The zero-order valence-corrected chi connectivity index (χ0v) is 16.7. The number of carboxylic acids is 1. The summed E-state index contributed by atoms with van der Waals surface area (Å²) in [7, 11) is -1.08. The number of nitrogens with zero attached hydrogens (tertiary/aromatic N) is 2. The Morgan fingerprint density at radius 1 is 0.833 bits per heavy atom. The average molecular weight is 416 g/mol. The van der Waals surface area contributed by atoms with Crippen molar-refractivity contribution in [1.82, 2.24) is 9.36 Å². The Hall–Kier alpha value is -3.50. The third-order valence-corrected chi connectivity index (χ3v) is 8.08. The molecular formula is C23H17N2O4P. The van der Waals surface area contributed by atoms with Crippen LogP contribution >= 0.6 is 7.92 Å². The van der Waals surface area contributed by atoms with Crippen LogP contribution in [0.25, 0.3) is 10.8 Å². The van der Waals surface area contributed by atoms with E-state index < -0.39 is 19.7 Å². The molecule has 0 bridgehead atoms. The maximum Gasteiger partial charge on any atom is 0.336 e. The third kappa shape index (κ3) is 2.72. The first-order valence-electron chi connectivity index (χ1n) is 9.46. The number of carbonyl (C=O) groups is 1. The number of rotatable bonds is 3. The normalized spacial score (nSPS) is 17.7. The first-order chi connectivity index (χ1) is 14.6. The molecule has 0 amide bonds. The van der Waals surface area contributed by atoms with E-state index in [0.717, 1.165) is 5.30 Å². The highest BCUT2D eigenvalue weighted by Gasteiger charge is 2.38. The molecule has 148 valence electrons. The number of benzene rings is 3. The van der Waals surface area contributed by atoms with Gasteiger partial charge >= 0.3 is 5.97 Å². The van der Waals surface area contributed by atoms with Crippen molar-refractivity contribution in [2.24, 2.45) is 0 Å². The summed E-state index contributed by atoms with van der Waals surface area (Å²) in [5.41, 5.74) is 0.176. The smallest absolute Gasteiger partial charge is 0.336 e. The molecular weight excluding hydrogens is 399 g/mol. The van der Waals surface area contributed by atoms with Crippen molar-refractivity contribution in [1.29, 1.82) is 0 Å². The third-order valence-electron chi connectivity index (χ3n) is 5.46. The maximum atomic E-state index is 13.5. The van der Waals surface area contributed by atoms with Gasteiger partial charge in [0, 0.05) is 0 Å². The number of aromatic carboxylic acids is 1. The highest BCUT2D eigenvalue weighted by Crippen LogP contribution is 2.55. The molecule has 4 aromatic rings. The minimum atomic E-state index is -1.08. The van der Waals surface area contributed by atoms with Gasteiger partial charge in [-0.15, -0.1) is 0 Å². The van der Waals surface area contributed by atoms with Gasteiger partial charge in [0.05, 0.1) is 22.6 Å². The van der Waals surface area contributed by atoms with Crippen LogP contribution in [0.5, 0.6) is 0 Å². The number of fused-ring (bicyclic) bond motifs is 2. The number of carboxylic acid groups (broad SMARTS) is 1. The van der Waals surface area contributed by atoms with Gasteiger partial charge in [0.15, 0.2) is 0 Å². The van der Waals surface area contributed by atoms with Gasteiger partial charge in [-0.2, -0.15) is 0 Å². The summed E-state index contributed by atoms with van der Waals surface area (Å²) >= 11 is 0. The summed E-state index contributed by atoms with van der Waals surface area (Å²) in [6.07, 6.45) is 0.358. The van der Waals surface area contributed by atoms with Gasteiger partial charge in [-0.3, -0.25) is 9.59 Å². The molecule has 1 aromatic heterocycles. The summed E-state index contributed by atoms with van der Waals surface area (Å²) in [4.78, 5) is 38.7. The van der Waals surface area contributed by atoms with Crippen LogP contribution in [0, 0.1) is 0 Å². The molecule has 1 aliphatic heterocycles. The van der Waals surface area contributed by atoms with E-state index in [4.69, 9.17) is 0 Å². The van der Waals surface area contributed by atoms with Crippen LogP contribution < -0.4 is 16.4 Å². The summed E-state index contributed by atoms with van der Waals surface area (Å²) in [6.45, 7) is 0. The van der Waals surface area contributed by atoms with Crippen molar-refractivity contribution in [2.45, 2.75) is 12.1 Å². The van der Waals surface area contributed by atoms with Gasteiger partial charge in [-0.25, -0.2) is 14.2 Å². The van der Waals surface area contributed by atoms with E-state index in [1.54, 1.807) is 48.5 Å². The highest BCUT2D eigenvalue weighted by molar-refractivity contribution is 7.65. The molecule has 0 fully saturated rings. The van der Waals surface area contributed by atoms with Gasteiger partial charge in [0.1, 0.15) is 5.78 Å². The Balaban J connectivity index is 1.87. The Bertz CT molecular complexity index is 1410.